The molecule has 0 aliphatic rings. The highest BCUT2D eigenvalue weighted by Crippen LogP contribution is 2.29. The first-order chi connectivity index (χ1) is 13.0. The van der Waals surface area contributed by atoms with Gasteiger partial charge < -0.3 is 13.6 Å². The van der Waals surface area contributed by atoms with E-state index in [0.717, 1.165) is 0 Å². The van der Waals surface area contributed by atoms with E-state index in [0.29, 0.717) is 33.5 Å². The fourth-order valence-corrected chi connectivity index (χ4v) is 2.64. The monoisotopic (exact) mass is 362 g/mol. The van der Waals surface area contributed by atoms with Crippen molar-refractivity contribution in [2.45, 2.75) is 20.0 Å². The standard InChI is InChI=1S/C19H14N4O4/c1-10(2)25-15-6-4-11(7-13(15)9-20)17-22-23-18(27-17)12-3-5-14-16(8-12)26-19(24)21-14/h3-8,10H,1-2H3,(H,21,24). The Morgan fingerprint density at radius 1 is 1.07 bits per heavy atom. The van der Waals surface area contributed by atoms with Crippen LogP contribution in [0.4, 0.5) is 0 Å². The molecular weight excluding hydrogens is 348 g/mol. The molecule has 4 aromatic rings. The van der Waals surface area contributed by atoms with Crippen LogP contribution in [0.2, 0.25) is 0 Å². The zero-order valence-corrected chi connectivity index (χ0v) is 14.5. The summed E-state index contributed by atoms with van der Waals surface area (Å²) in [5.41, 5.74) is 2.60. The fraction of sp³-hybridized carbons (Fsp3) is 0.158. The third kappa shape index (κ3) is 3.18. The van der Waals surface area contributed by atoms with Crippen LogP contribution in [-0.4, -0.2) is 21.3 Å². The number of hydrogen-bond acceptors (Lipinski definition) is 7. The number of nitriles is 1. The van der Waals surface area contributed by atoms with Crippen LogP contribution in [0.1, 0.15) is 19.4 Å². The normalized spacial score (nSPS) is 11.0. The Morgan fingerprint density at radius 2 is 1.78 bits per heavy atom. The van der Waals surface area contributed by atoms with Gasteiger partial charge in [0.15, 0.2) is 5.58 Å². The second kappa shape index (κ2) is 6.46. The third-order valence-electron chi connectivity index (χ3n) is 3.80. The number of ether oxygens (including phenoxy) is 1. The molecule has 2 heterocycles. The Labute approximate surface area is 153 Å². The lowest BCUT2D eigenvalue weighted by Crippen LogP contribution is -2.06. The summed E-state index contributed by atoms with van der Waals surface area (Å²) in [5.74, 6) is 0.523. The molecule has 0 saturated heterocycles. The van der Waals surface area contributed by atoms with Crippen molar-refractivity contribution in [3.05, 3.63) is 52.5 Å². The highest BCUT2D eigenvalue weighted by atomic mass is 16.5. The van der Waals surface area contributed by atoms with E-state index in [9.17, 15) is 10.1 Å². The molecule has 0 aliphatic heterocycles. The molecule has 27 heavy (non-hydrogen) atoms. The molecule has 8 nitrogen and oxygen atoms in total. The number of benzene rings is 2. The molecule has 0 radical (unpaired) electrons. The first kappa shape index (κ1) is 16.6. The number of fused-ring (bicyclic) bond motifs is 1. The van der Waals surface area contributed by atoms with E-state index in [2.05, 4.69) is 21.3 Å². The number of hydrogen-bond donors (Lipinski definition) is 1. The summed E-state index contributed by atoms with van der Waals surface area (Å²) in [6.45, 7) is 3.78. The Balaban J connectivity index is 1.69. The predicted molar refractivity (Wildman–Crippen MR) is 96.0 cm³/mol. The summed E-state index contributed by atoms with van der Waals surface area (Å²) in [4.78, 5) is 13.8. The van der Waals surface area contributed by atoms with Crippen molar-refractivity contribution in [2.24, 2.45) is 0 Å². The van der Waals surface area contributed by atoms with Crippen molar-refractivity contribution in [3.63, 3.8) is 0 Å². The minimum Gasteiger partial charge on any atom is -0.490 e. The number of H-pyrrole nitrogens is 1. The van der Waals surface area contributed by atoms with Crippen LogP contribution in [0.25, 0.3) is 34.0 Å². The van der Waals surface area contributed by atoms with Crippen LogP contribution in [0, 0.1) is 11.3 Å². The highest BCUT2D eigenvalue weighted by molar-refractivity contribution is 5.78. The quantitative estimate of drug-likeness (QED) is 0.590. The van der Waals surface area contributed by atoms with Gasteiger partial charge in [-0.15, -0.1) is 10.2 Å². The van der Waals surface area contributed by atoms with E-state index < -0.39 is 5.76 Å². The molecule has 4 rings (SSSR count). The van der Waals surface area contributed by atoms with E-state index >= 15 is 0 Å². The minimum absolute atomic E-state index is 0.0404. The average molecular weight is 362 g/mol. The van der Waals surface area contributed by atoms with Crippen molar-refractivity contribution < 1.29 is 13.6 Å². The van der Waals surface area contributed by atoms with Gasteiger partial charge in [0.05, 0.1) is 17.2 Å². The molecule has 0 unspecified atom stereocenters. The Bertz CT molecular complexity index is 1230. The molecule has 0 bridgehead atoms. The second-order valence-electron chi connectivity index (χ2n) is 6.13. The largest absolute Gasteiger partial charge is 0.490 e. The third-order valence-corrected chi connectivity index (χ3v) is 3.80. The van der Waals surface area contributed by atoms with Crippen molar-refractivity contribution in [1.29, 1.82) is 5.26 Å². The molecule has 0 atom stereocenters. The van der Waals surface area contributed by atoms with E-state index in [1.54, 1.807) is 36.4 Å². The van der Waals surface area contributed by atoms with E-state index in [4.69, 9.17) is 13.6 Å². The smallest absolute Gasteiger partial charge is 0.417 e. The van der Waals surface area contributed by atoms with Gasteiger partial charge in [0, 0.05) is 11.1 Å². The number of nitrogens with zero attached hydrogens (tertiary/aromatic N) is 3. The van der Waals surface area contributed by atoms with Crippen molar-refractivity contribution >= 4 is 11.1 Å². The van der Waals surface area contributed by atoms with E-state index in [1.807, 2.05) is 13.8 Å². The van der Waals surface area contributed by atoms with Gasteiger partial charge in [-0.1, -0.05) is 0 Å². The molecular formula is C19H14N4O4. The lowest BCUT2D eigenvalue weighted by molar-refractivity contribution is 0.242. The van der Waals surface area contributed by atoms with Gasteiger partial charge in [-0.3, -0.25) is 4.98 Å². The molecule has 0 spiro atoms. The Kier molecular flexibility index (Phi) is 3.97. The van der Waals surface area contributed by atoms with Gasteiger partial charge in [-0.25, -0.2) is 4.79 Å². The molecule has 2 aromatic heterocycles. The van der Waals surface area contributed by atoms with Crippen LogP contribution in [0.5, 0.6) is 5.75 Å². The summed E-state index contributed by atoms with van der Waals surface area (Å²) in [7, 11) is 0. The lowest BCUT2D eigenvalue weighted by atomic mass is 10.1. The topological polar surface area (TPSA) is 118 Å². The summed E-state index contributed by atoms with van der Waals surface area (Å²) in [5, 5.41) is 17.4. The number of nitrogens with one attached hydrogen (secondary N) is 1. The van der Waals surface area contributed by atoms with Crippen LogP contribution in [0.15, 0.2) is 50.0 Å². The van der Waals surface area contributed by atoms with Crippen molar-refractivity contribution in [2.75, 3.05) is 0 Å². The number of oxazole rings is 1. The summed E-state index contributed by atoms with van der Waals surface area (Å²) < 4.78 is 16.4. The van der Waals surface area contributed by atoms with Crippen LogP contribution in [0.3, 0.4) is 0 Å². The zero-order valence-electron chi connectivity index (χ0n) is 14.5. The molecule has 0 aliphatic carbocycles. The zero-order chi connectivity index (χ0) is 19.0. The van der Waals surface area contributed by atoms with Crippen molar-refractivity contribution in [1.82, 2.24) is 15.2 Å². The van der Waals surface area contributed by atoms with Gasteiger partial charge in [0.25, 0.3) is 0 Å². The van der Waals surface area contributed by atoms with Gasteiger partial charge in [0.2, 0.25) is 11.8 Å². The molecule has 0 saturated carbocycles. The van der Waals surface area contributed by atoms with Crippen LogP contribution in [-0.2, 0) is 0 Å². The molecule has 134 valence electrons. The average Bonchev–Trinajstić information content (AvgIpc) is 3.26. The van der Waals surface area contributed by atoms with Crippen molar-refractivity contribution in [3.8, 4) is 34.7 Å². The van der Waals surface area contributed by atoms with Gasteiger partial charge in [-0.05, 0) is 50.2 Å². The summed E-state index contributed by atoms with van der Waals surface area (Å²) in [6, 6.07) is 12.3. The number of aromatic nitrogens is 3. The Hall–Kier alpha value is -3.86. The highest BCUT2D eigenvalue weighted by Gasteiger charge is 2.15. The predicted octanol–water partition coefficient (Wildman–Crippen LogP) is 3.50. The number of rotatable bonds is 4. The van der Waals surface area contributed by atoms with Crippen LogP contribution >= 0.6 is 0 Å². The lowest BCUT2D eigenvalue weighted by Gasteiger charge is -2.11. The van der Waals surface area contributed by atoms with Gasteiger partial charge in [0.1, 0.15) is 11.8 Å². The first-order valence-electron chi connectivity index (χ1n) is 8.21. The first-order valence-corrected chi connectivity index (χ1v) is 8.21. The SMILES string of the molecule is CC(C)Oc1ccc(-c2nnc(-c3ccc4[nH]c(=O)oc4c3)o2)cc1C#N. The van der Waals surface area contributed by atoms with E-state index in [1.165, 1.54) is 0 Å². The second-order valence-corrected chi connectivity index (χ2v) is 6.13. The number of aromatic amines is 1. The maximum Gasteiger partial charge on any atom is 0.417 e. The summed E-state index contributed by atoms with van der Waals surface area (Å²) in [6.07, 6.45) is -0.0404. The van der Waals surface area contributed by atoms with Gasteiger partial charge in [-0.2, -0.15) is 5.26 Å². The molecule has 0 amide bonds. The molecule has 1 N–H and O–H groups in total. The molecule has 8 heteroatoms. The summed E-state index contributed by atoms with van der Waals surface area (Å²) >= 11 is 0. The minimum atomic E-state index is -0.527. The maximum atomic E-state index is 11.3. The van der Waals surface area contributed by atoms with Gasteiger partial charge >= 0.3 is 5.76 Å². The van der Waals surface area contributed by atoms with E-state index in [-0.39, 0.29) is 17.9 Å². The fourth-order valence-electron chi connectivity index (χ4n) is 2.64. The Morgan fingerprint density at radius 3 is 2.48 bits per heavy atom. The molecule has 0 fully saturated rings. The van der Waals surface area contributed by atoms with Crippen LogP contribution < -0.4 is 10.5 Å². The molecule has 2 aromatic carbocycles. The maximum absolute atomic E-state index is 11.3.